The number of terminal acetylenes is 1. The van der Waals surface area contributed by atoms with E-state index in [4.69, 9.17) is 11.2 Å². The smallest absolute Gasteiger partial charge is 0.264 e. The van der Waals surface area contributed by atoms with Crippen molar-refractivity contribution < 1.29 is 9.53 Å². The summed E-state index contributed by atoms with van der Waals surface area (Å²) in [6.45, 7) is 0.661. The number of aromatic nitrogens is 4. The van der Waals surface area contributed by atoms with Crippen LogP contribution in [0.5, 0.6) is 5.75 Å². The molecule has 0 radical (unpaired) electrons. The van der Waals surface area contributed by atoms with Crippen molar-refractivity contribution in [3.8, 4) is 28.7 Å². The van der Waals surface area contributed by atoms with Crippen molar-refractivity contribution in [3.05, 3.63) is 54.2 Å². The molecule has 0 atom stereocenters. The zero-order valence-electron chi connectivity index (χ0n) is 18.2. The van der Waals surface area contributed by atoms with Crippen molar-refractivity contribution >= 4 is 34.4 Å². The molecule has 33 heavy (non-hydrogen) atoms. The third kappa shape index (κ3) is 5.96. The number of nitrogens with one attached hydrogen (secondary N) is 1. The van der Waals surface area contributed by atoms with Gasteiger partial charge in [0.2, 0.25) is 5.95 Å². The molecule has 8 heteroatoms. The Kier molecular flexibility index (Phi) is 7.67. The molecule has 4 aromatic rings. The second-order valence-electron chi connectivity index (χ2n) is 7.50. The van der Waals surface area contributed by atoms with Gasteiger partial charge in [-0.2, -0.15) is 4.98 Å². The van der Waals surface area contributed by atoms with Gasteiger partial charge in [-0.1, -0.05) is 37.1 Å². The molecule has 7 nitrogen and oxygen atoms in total. The predicted octanol–water partition coefficient (Wildman–Crippen LogP) is 5.16. The number of unbranched alkanes of at least 4 members (excludes halogenated alkanes) is 4. The molecule has 1 amide bonds. The summed E-state index contributed by atoms with van der Waals surface area (Å²) in [5.74, 6) is 3.22. The highest BCUT2D eigenvalue weighted by atomic mass is 32.1. The van der Waals surface area contributed by atoms with Crippen molar-refractivity contribution in [1.82, 2.24) is 19.5 Å². The Morgan fingerprint density at radius 2 is 1.94 bits per heavy atom. The number of benzene rings is 1. The van der Waals surface area contributed by atoms with Gasteiger partial charge in [-0.15, -0.1) is 23.7 Å². The maximum Gasteiger partial charge on any atom is 0.264 e. The minimum Gasteiger partial charge on any atom is -0.484 e. The number of imidazole rings is 1. The van der Waals surface area contributed by atoms with Crippen LogP contribution in [0.25, 0.3) is 21.7 Å². The monoisotopic (exact) mass is 459 g/mol. The molecule has 0 bridgehead atoms. The average Bonchev–Trinajstić information content (AvgIpc) is 3.51. The maximum atomic E-state index is 12.5. The van der Waals surface area contributed by atoms with Gasteiger partial charge in [-0.3, -0.25) is 10.1 Å². The molecule has 1 aromatic carbocycles. The first-order valence-corrected chi connectivity index (χ1v) is 11.8. The summed E-state index contributed by atoms with van der Waals surface area (Å²) in [6.07, 6.45) is 12.2. The summed E-state index contributed by atoms with van der Waals surface area (Å²) in [5, 5.41) is 4.76. The number of ether oxygens (including phenoxy) is 1. The first-order valence-electron chi connectivity index (χ1n) is 10.9. The van der Waals surface area contributed by atoms with Gasteiger partial charge in [0.05, 0.1) is 11.2 Å². The van der Waals surface area contributed by atoms with Crippen molar-refractivity contribution in [3.63, 3.8) is 0 Å². The minimum atomic E-state index is -0.324. The number of para-hydroxylation sites is 1. The van der Waals surface area contributed by atoms with Crippen LogP contribution in [0.15, 0.2) is 54.2 Å². The van der Waals surface area contributed by atoms with Gasteiger partial charge < -0.3 is 9.30 Å². The molecular formula is C25H25N5O2S. The van der Waals surface area contributed by atoms with E-state index < -0.39 is 0 Å². The number of hydrogen-bond donors (Lipinski definition) is 1. The fourth-order valence-corrected chi connectivity index (χ4v) is 4.15. The van der Waals surface area contributed by atoms with Crippen LogP contribution in [0.3, 0.4) is 0 Å². The molecule has 0 aliphatic rings. The van der Waals surface area contributed by atoms with Gasteiger partial charge in [0.15, 0.2) is 12.3 Å². The molecule has 0 saturated carbocycles. The van der Waals surface area contributed by atoms with Gasteiger partial charge >= 0.3 is 0 Å². The Labute approximate surface area is 196 Å². The van der Waals surface area contributed by atoms with Gasteiger partial charge in [0, 0.05) is 13.0 Å². The summed E-state index contributed by atoms with van der Waals surface area (Å²) < 4.78 is 7.56. The molecule has 0 fully saturated rings. The van der Waals surface area contributed by atoms with E-state index in [2.05, 4.69) is 26.2 Å². The molecule has 3 aromatic heterocycles. The highest BCUT2D eigenvalue weighted by Gasteiger charge is 2.17. The second kappa shape index (κ2) is 11.2. The number of fused-ring (bicyclic) bond motifs is 1. The van der Waals surface area contributed by atoms with Crippen LogP contribution in [0.4, 0.5) is 5.95 Å². The standard InChI is InChI=1S/C25H25N5O2S/c1-2-3-4-5-6-10-15-30-18-26-23-22(20-14-11-16-33-20)28-25(29-24(23)30)27-21(31)17-32-19-12-8-7-9-13-19/h1,7-9,11-14,16,18H,3-6,10,15,17H2,(H,27,28,29,31). The molecule has 3 heterocycles. The predicted molar refractivity (Wildman–Crippen MR) is 131 cm³/mol. The number of amides is 1. The maximum absolute atomic E-state index is 12.5. The molecule has 0 saturated heterocycles. The van der Waals surface area contributed by atoms with E-state index in [0.29, 0.717) is 17.1 Å². The van der Waals surface area contributed by atoms with Crippen molar-refractivity contribution in [2.24, 2.45) is 0 Å². The Bertz CT molecular complexity index is 1230. The van der Waals surface area contributed by atoms with E-state index in [1.807, 2.05) is 40.3 Å². The summed E-state index contributed by atoms with van der Waals surface area (Å²) in [6, 6.07) is 13.2. The van der Waals surface area contributed by atoms with Crippen LogP contribution in [0, 0.1) is 12.3 Å². The summed E-state index contributed by atoms with van der Waals surface area (Å²) in [4.78, 5) is 27.2. The zero-order valence-corrected chi connectivity index (χ0v) is 19.1. The number of carbonyl (C=O) groups is 1. The summed E-state index contributed by atoms with van der Waals surface area (Å²) in [7, 11) is 0. The molecule has 168 valence electrons. The van der Waals surface area contributed by atoms with Crippen LogP contribution in [0.2, 0.25) is 0 Å². The van der Waals surface area contributed by atoms with Crippen molar-refractivity contribution in [1.29, 1.82) is 0 Å². The Morgan fingerprint density at radius 1 is 1.09 bits per heavy atom. The largest absolute Gasteiger partial charge is 0.484 e. The fraction of sp³-hybridized carbons (Fsp3) is 0.280. The molecule has 0 spiro atoms. The van der Waals surface area contributed by atoms with Crippen LogP contribution in [-0.4, -0.2) is 32.0 Å². The number of nitrogens with zero attached hydrogens (tertiary/aromatic N) is 4. The summed E-state index contributed by atoms with van der Waals surface area (Å²) in [5.41, 5.74) is 2.14. The lowest BCUT2D eigenvalue weighted by Gasteiger charge is -2.09. The van der Waals surface area contributed by atoms with Crippen molar-refractivity contribution in [2.75, 3.05) is 11.9 Å². The molecule has 4 rings (SSSR count). The van der Waals surface area contributed by atoms with Crippen LogP contribution in [-0.2, 0) is 11.3 Å². The first-order chi connectivity index (χ1) is 16.2. The fourth-order valence-electron chi connectivity index (χ4n) is 3.44. The minimum absolute atomic E-state index is 0.128. The van der Waals surface area contributed by atoms with Crippen LogP contribution < -0.4 is 10.1 Å². The highest BCUT2D eigenvalue weighted by Crippen LogP contribution is 2.30. The van der Waals surface area contributed by atoms with E-state index in [9.17, 15) is 4.79 Å². The quantitative estimate of drug-likeness (QED) is 0.248. The number of hydrogen-bond acceptors (Lipinski definition) is 6. The van der Waals surface area contributed by atoms with E-state index in [1.165, 1.54) is 0 Å². The Morgan fingerprint density at radius 3 is 2.73 bits per heavy atom. The molecule has 0 unspecified atom stereocenters. The van der Waals surface area contributed by atoms with Gasteiger partial charge in [-0.25, -0.2) is 9.97 Å². The van der Waals surface area contributed by atoms with Crippen LogP contribution >= 0.6 is 11.3 Å². The third-order valence-electron chi connectivity index (χ3n) is 5.05. The van der Waals surface area contributed by atoms with Gasteiger partial charge in [0.1, 0.15) is 17.0 Å². The van der Waals surface area contributed by atoms with E-state index in [0.717, 1.165) is 49.0 Å². The highest BCUT2D eigenvalue weighted by molar-refractivity contribution is 7.13. The summed E-state index contributed by atoms with van der Waals surface area (Å²) >= 11 is 1.57. The number of thiophene rings is 1. The SMILES string of the molecule is C#CCCCCCCn1cnc2c(-c3cccs3)nc(NC(=O)COc3ccccc3)nc21. The Balaban J connectivity index is 1.50. The van der Waals surface area contributed by atoms with Gasteiger partial charge in [-0.05, 0) is 36.4 Å². The average molecular weight is 460 g/mol. The zero-order chi connectivity index (χ0) is 22.9. The van der Waals surface area contributed by atoms with Crippen molar-refractivity contribution in [2.45, 2.75) is 38.6 Å². The third-order valence-corrected chi connectivity index (χ3v) is 5.93. The van der Waals surface area contributed by atoms with E-state index >= 15 is 0 Å². The first kappa shape index (κ1) is 22.5. The number of carbonyl (C=O) groups excluding carboxylic acids is 1. The van der Waals surface area contributed by atoms with E-state index in [1.54, 1.807) is 29.8 Å². The molecule has 0 aliphatic heterocycles. The van der Waals surface area contributed by atoms with E-state index in [-0.39, 0.29) is 18.5 Å². The lowest BCUT2D eigenvalue weighted by Crippen LogP contribution is -2.21. The number of rotatable bonds is 11. The molecule has 1 N–H and O–H groups in total. The number of anilines is 1. The van der Waals surface area contributed by atoms with Crippen LogP contribution in [0.1, 0.15) is 32.1 Å². The lowest BCUT2D eigenvalue weighted by atomic mass is 10.1. The lowest BCUT2D eigenvalue weighted by molar-refractivity contribution is -0.118. The molecule has 0 aliphatic carbocycles. The normalized spacial score (nSPS) is 10.8. The topological polar surface area (TPSA) is 81.9 Å². The van der Waals surface area contributed by atoms with Gasteiger partial charge in [0.25, 0.3) is 5.91 Å². The molecular weight excluding hydrogens is 434 g/mol. The number of aryl methyl sites for hydroxylation is 1. The second-order valence-corrected chi connectivity index (χ2v) is 8.45. The Hall–Kier alpha value is -3.70.